The van der Waals surface area contributed by atoms with E-state index in [1.165, 1.54) is 0 Å². The molecule has 1 aromatic heterocycles. The minimum Gasteiger partial charge on any atom is -0.396 e. The van der Waals surface area contributed by atoms with E-state index in [1.807, 2.05) is 34.6 Å². The van der Waals surface area contributed by atoms with Crippen LogP contribution in [0.25, 0.3) is 0 Å². The number of hydrogen-bond donors (Lipinski definition) is 3. The zero-order chi connectivity index (χ0) is 15.3. The number of carbonyl (C=O) groups is 1. The number of nitrogens with zero attached hydrogens (tertiary/aromatic N) is 2. The first kappa shape index (κ1) is 16.4. The van der Waals surface area contributed by atoms with Gasteiger partial charge in [0.05, 0.1) is 18.1 Å². The van der Waals surface area contributed by atoms with Crippen LogP contribution in [0.15, 0.2) is 12.4 Å². The van der Waals surface area contributed by atoms with Gasteiger partial charge in [0.15, 0.2) is 0 Å². The fourth-order valence-electron chi connectivity index (χ4n) is 1.45. The Morgan fingerprint density at radius 3 is 2.30 bits per heavy atom. The maximum Gasteiger partial charge on any atom is 0.319 e. The molecule has 112 valence electrons. The van der Waals surface area contributed by atoms with Crippen molar-refractivity contribution in [3.05, 3.63) is 18.2 Å². The number of urea groups is 1. The van der Waals surface area contributed by atoms with E-state index in [4.69, 9.17) is 5.11 Å². The van der Waals surface area contributed by atoms with Crippen molar-refractivity contribution in [2.45, 2.75) is 46.1 Å². The maximum atomic E-state index is 11.8. The molecular formula is C14H24N4O2. The van der Waals surface area contributed by atoms with Gasteiger partial charge in [-0.15, -0.1) is 0 Å². The van der Waals surface area contributed by atoms with Crippen LogP contribution in [-0.2, 0) is 5.41 Å². The van der Waals surface area contributed by atoms with Gasteiger partial charge in [0, 0.05) is 18.1 Å². The summed E-state index contributed by atoms with van der Waals surface area (Å²) in [5.74, 6) is 0.728. The van der Waals surface area contributed by atoms with Crippen molar-refractivity contribution >= 4 is 11.7 Å². The molecular weight excluding hydrogens is 256 g/mol. The molecule has 2 amide bonds. The lowest BCUT2D eigenvalue weighted by atomic mass is 9.96. The van der Waals surface area contributed by atoms with Crippen molar-refractivity contribution in [2.24, 2.45) is 5.92 Å². The van der Waals surface area contributed by atoms with Crippen LogP contribution >= 0.6 is 0 Å². The van der Waals surface area contributed by atoms with Crippen LogP contribution in [0.4, 0.5) is 10.5 Å². The topological polar surface area (TPSA) is 87.1 Å². The molecule has 1 heterocycles. The molecule has 20 heavy (non-hydrogen) atoms. The van der Waals surface area contributed by atoms with Gasteiger partial charge in [-0.25, -0.2) is 14.8 Å². The Bertz CT molecular complexity index is 439. The van der Waals surface area contributed by atoms with E-state index in [-0.39, 0.29) is 30.0 Å². The molecule has 0 spiro atoms. The number of rotatable bonds is 4. The van der Waals surface area contributed by atoms with Crippen molar-refractivity contribution in [1.82, 2.24) is 15.3 Å². The number of anilines is 1. The molecule has 0 bridgehead atoms. The zero-order valence-corrected chi connectivity index (χ0v) is 12.8. The van der Waals surface area contributed by atoms with Crippen molar-refractivity contribution in [3.63, 3.8) is 0 Å². The summed E-state index contributed by atoms with van der Waals surface area (Å²) in [6.07, 6.45) is 3.18. The minimum atomic E-state index is -0.329. The van der Waals surface area contributed by atoms with Crippen molar-refractivity contribution in [1.29, 1.82) is 0 Å². The molecule has 6 nitrogen and oxygen atoms in total. The van der Waals surface area contributed by atoms with Gasteiger partial charge in [-0.05, 0) is 12.8 Å². The van der Waals surface area contributed by atoms with Crippen molar-refractivity contribution in [3.8, 4) is 0 Å². The molecule has 0 saturated heterocycles. The predicted molar refractivity (Wildman–Crippen MR) is 78.6 cm³/mol. The summed E-state index contributed by atoms with van der Waals surface area (Å²) >= 11 is 0. The molecule has 2 atom stereocenters. The number of carbonyl (C=O) groups excluding carboxylic acids is 1. The van der Waals surface area contributed by atoms with Crippen LogP contribution in [0.3, 0.4) is 0 Å². The first-order valence-electron chi connectivity index (χ1n) is 6.75. The van der Waals surface area contributed by atoms with Gasteiger partial charge in [0.25, 0.3) is 0 Å². The molecule has 0 radical (unpaired) electrons. The fraction of sp³-hybridized carbons (Fsp3) is 0.643. The summed E-state index contributed by atoms with van der Waals surface area (Å²) in [7, 11) is 0. The third kappa shape index (κ3) is 4.77. The number of hydrogen-bond acceptors (Lipinski definition) is 4. The number of amides is 2. The van der Waals surface area contributed by atoms with Gasteiger partial charge < -0.3 is 15.7 Å². The van der Waals surface area contributed by atoms with Crippen molar-refractivity contribution < 1.29 is 9.90 Å². The summed E-state index contributed by atoms with van der Waals surface area (Å²) in [5.41, 5.74) is 0.422. The minimum absolute atomic E-state index is 0.000247. The van der Waals surface area contributed by atoms with Gasteiger partial charge >= 0.3 is 6.03 Å². The van der Waals surface area contributed by atoms with Gasteiger partial charge in [-0.1, -0.05) is 27.7 Å². The third-order valence-electron chi connectivity index (χ3n) is 3.08. The van der Waals surface area contributed by atoms with Gasteiger partial charge in [0.1, 0.15) is 5.82 Å². The molecule has 1 rings (SSSR count). The van der Waals surface area contributed by atoms with Crippen LogP contribution in [-0.4, -0.2) is 33.8 Å². The molecule has 3 N–H and O–H groups in total. The zero-order valence-electron chi connectivity index (χ0n) is 12.8. The summed E-state index contributed by atoms with van der Waals surface area (Å²) in [6.45, 7) is 9.83. The fourth-order valence-corrected chi connectivity index (χ4v) is 1.45. The summed E-state index contributed by atoms with van der Waals surface area (Å²) in [6, 6.07) is -0.445. The van der Waals surface area contributed by atoms with E-state index in [9.17, 15) is 4.79 Å². The summed E-state index contributed by atoms with van der Waals surface area (Å²) in [4.78, 5) is 20.2. The largest absolute Gasteiger partial charge is 0.396 e. The third-order valence-corrected chi connectivity index (χ3v) is 3.08. The highest BCUT2D eigenvalue weighted by Crippen LogP contribution is 2.18. The molecule has 0 aliphatic heterocycles. The molecule has 6 heteroatoms. The first-order chi connectivity index (χ1) is 9.24. The van der Waals surface area contributed by atoms with Gasteiger partial charge in [0.2, 0.25) is 0 Å². The Kier molecular flexibility index (Phi) is 5.44. The lowest BCUT2D eigenvalue weighted by molar-refractivity contribution is 0.204. The smallest absolute Gasteiger partial charge is 0.319 e. The molecule has 0 unspecified atom stereocenters. The van der Waals surface area contributed by atoms with E-state index < -0.39 is 0 Å². The number of aliphatic hydroxyl groups is 1. The molecule has 0 fully saturated rings. The van der Waals surface area contributed by atoms with Crippen LogP contribution < -0.4 is 10.6 Å². The Balaban J connectivity index is 2.59. The summed E-state index contributed by atoms with van der Waals surface area (Å²) < 4.78 is 0. The van der Waals surface area contributed by atoms with E-state index in [2.05, 4.69) is 20.6 Å². The highest BCUT2D eigenvalue weighted by molar-refractivity contribution is 5.89. The quantitative estimate of drug-likeness (QED) is 0.786. The lowest BCUT2D eigenvalue weighted by Gasteiger charge is -2.20. The second kappa shape index (κ2) is 6.65. The Morgan fingerprint density at radius 2 is 1.85 bits per heavy atom. The van der Waals surface area contributed by atoms with Crippen LogP contribution in [0.1, 0.15) is 40.4 Å². The number of aliphatic hydroxyl groups excluding tert-OH is 1. The average molecular weight is 280 g/mol. The molecule has 0 aliphatic carbocycles. The van der Waals surface area contributed by atoms with E-state index in [0.717, 1.165) is 5.82 Å². The monoisotopic (exact) mass is 280 g/mol. The standard InChI is InChI=1S/C14H24N4O2/c1-9(8-19)10(2)17-13(20)18-11-6-15-12(16-7-11)14(3,4)5/h6-7,9-10,19H,8H2,1-5H3,(H2,17,18,20)/t9-,10+/m0/s1. The van der Waals surface area contributed by atoms with E-state index >= 15 is 0 Å². The van der Waals surface area contributed by atoms with Crippen LogP contribution in [0, 0.1) is 5.92 Å². The number of aromatic nitrogens is 2. The van der Waals surface area contributed by atoms with Crippen molar-refractivity contribution in [2.75, 3.05) is 11.9 Å². The lowest BCUT2D eigenvalue weighted by Crippen LogP contribution is -2.40. The molecule has 0 aromatic carbocycles. The second-order valence-corrected chi connectivity index (χ2v) is 6.09. The first-order valence-corrected chi connectivity index (χ1v) is 6.75. The maximum absolute atomic E-state index is 11.8. The van der Waals surface area contributed by atoms with Gasteiger partial charge in [-0.2, -0.15) is 0 Å². The Hall–Kier alpha value is -1.69. The van der Waals surface area contributed by atoms with Crippen LogP contribution in [0.5, 0.6) is 0 Å². The molecule has 0 aliphatic rings. The SMILES string of the molecule is C[C@@H](CO)[C@@H](C)NC(=O)Nc1cnc(C(C)(C)C)nc1. The highest BCUT2D eigenvalue weighted by atomic mass is 16.3. The van der Waals surface area contributed by atoms with E-state index in [1.54, 1.807) is 12.4 Å². The normalized spacial score (nSPS) is 14.5. The summed E-state index contributed by atoms with van der Waals surface area (Å²) in [5, 5.41) is 14.5. The van der Waals surface area contributed by atoms with Gasteiger partial charge in [-0.3, -0.25) is 0 Å². The molecule has 1 aromatic rings. The predicted octanol–water partition coefficient (Wildman–Crippen LogP) is 1.91. The van der Waals surface area contributed by atoms with Crippen LogP contribution in [0.2, 0.25) is 0 Å². The van der Waals surface area contributed by atoms with E-state index in [0.29, 0.717) is 5.69 Å². The second-order valence-electron chi connectivity index (χ2n) is 6.09. The Labute approximate surface area is 120 Å². The average Bonchev–Trinajstić information content (AvgIpc) is 2.37. The molecule has 0 saturated carbocycles. The highest BCUT2D eigenvalue weighted by Gasteiger charge is 2.17. The Morgan fingerprint density at radius 1 is 1.30 bits per heavy atom. The number of nitrogens with one attached hydrogen (secondary N) is 2.